The fourth-order valence-electron chi connectivity index (χ4n) is 4.78. The first-order valence-electron chi connectivity index (χ1n) is 10.6. The Labute approximate surface area is 172 Å². The molecule has 1 aliphatic carbocycles. The number of hydrogen-bond donors (Lipinski definition) is 1. The van der Waals surface area contributed by atoms with E-state index < -0.39 is 5.41 Å². The van der Waals surface area contributed by atoms with Crippen LogP contribution >= 0.6 is 0 Å². The van der Waals surface area contributed by atoms with Crippen molar-refractivity contribution in [2.45, 2.75) is 57.8 Å². The van der Waals surface area contributed by atoms with Crippen molar-refractivity contribution in [2.24, 2.45) is 12.8 Å². The third-order valence-electron chi connectivity index (χ3n) is 6.56. The van der Waals surface area contributed by atoms with Crippen LogP contribution in [-0.2, 0) is 23.7 Å². The third kappa shape index (κ3) is 3.09. The number of aromatic nitrogens is 3. The number of rotatable bonds is 5. The van der Waals surface area contributed by atoms with Crippen molar-refractivity contribution in [3.63, 3.8) is 0 Å². The Morgan fingerprint density at radius 2 is 1.79 bits per heavy atom. The standard InChI is InChI=1S/C24H30N4O/c1-4-19-21(24(23(25)29)15-9-6-10-16-24)26-22(20-14-13-17(2)27(20)3)28(19)18-11-7-5-8-12-18/h5,7-8,11-14H,4,6,9-10,15-16H2,1-3H3,(H2,25,29). The summed E-state index contributed by atoms with van der Waals surface area (Å²) in [6.07, 6.45) is 5.54. The number of benzene rings is 1. The van der Waals surface area contributed by atoms with Gasteiger partial charge in [0.05, 0.1) is 16.8 Å². The number of aryl methyl sites for hydroxylation is 1. The quantitative estimate of drug-likeness (QED) is 0.700. The minimum atomic E-state index is -0.668. The molecule has 0 radical (unpaired) electrons. The molecule has 2 N–H and O–H groups in total. The second-order valence-electron chi connectivity index (χ2n) is 8.18. The summed E-state index contributed by atoms with van der Waals surface area (Å²) < 4.78 is 4.38. The Kier molecular flexibility index (Phi) is 5.07. The van der Waals surface area contributed by atoms with Crippen LogP contribution in [0, 0.1) is 6.92 Å². The van der Waals surface area contributed by atoms with E-state index in [4.69, 9.17) is 10.7 Å². The molecule has 1 amide bonds. The van der Waals surface area contributed by atoms with Gasteiger partial charge in [-0.2, -0.15) is 0 Å². The zero-order valence-electron chi connectivity index (χ0n) is 17.6. The smallest absolute Gasteiger partial charge is 0.229 e. The van der Waals surface area contributed by atoms with Gasteiger partial charge in [-0.3, -0.25) is 9.36 Å². The summed E-state index contributed by atoms with van der Waals surface area (Å²) in [6, 6.07) is 14.5. The van der Waals surface area contributed by atoms with Gasteiger partial charge in [-0.05, 0) is 50.5 Å². The van der Waals surface area contributed by atoms with Crippen molar-refractivity contribution in [3.8, 4) is 17.2 Å². The number of hydrogen-bond acceptors (Lipinski definition) is 2. The highest BCUT2D eigenvalue weighted by Gasteiger charge is 2.44. The number of nitrogens with two attached hydrogens (primary N) is 1. The minimum Gasteiger partial charge on any atom is -0.369 e. The third-order valence-corrected chi connectivity index (χ3v) is 6.56. The first kappa shape index (κ1) is 19.5. The summed E-state index contributed by atoms with van der Waals surface area (Å²) >= 11 is 0. The second kappa shape index (κ2) is 7.54. The molecule has 0 bridgehead atoms. The summed E-state index contributed by atoms with van der Waals surface area (Å²) in [5, 5.41) is 0. The molecule has 1 aliphatic rings. The lowest BCUT2D eigenvalue weighted by Crippen LogP contribution is -2.43. The second-order valence-corrected chi connectivity index (χ2v) is 8.18. The van der Waals surface area contributed by atoms with E-state index in [0.29, 0.717) is 0 Å². The molecule has 1 fully saturated rings. The highest BCUT2D eigenvalue weighted by atomic mass is 16.1. The average Bonchev–Trinajstić information content (AvgIpc) is 3.29. The van der Waals surface area contributed by atoms with E-state index in [0.717, 1.165) is 67.1 Å². The van der Waals surface area contributed by atoms with E-state index in [1.54, 1.807) is 0 Å². The molecule has 5 nitrogen and oxygen atoms in total. The average molecular weight is 391 g/mol. The van der Waals surface area contributed by atoms with E-state index in [2.05, 4.69) is 54.3 Å². The summed E-state index contributed by atoms with van der Waals surface area (Å²) in [7, 11) is 2.06. The molecule has 0 atom stereocenters. The van der Waals surface area contributed by atoms with E-state index >= 15 is 0 Å². The van der Waals surface area contributed by atoms with Crippen LogP contribution in [0.1, 0.15) is 56.1 Å². The summed E-state index contributed by atoms with van der Waals surface area (Å²) in [5.74, 6) is 0.643. The molecular formula is C24H30N4O. The molecule has 0 aliphatic heterocycles. The molecule has 1 aromatic carbocycles. The molecule has 2 heterocycles. The largest absolute Gasteiger partial charge is 0.369 e. The zero-order chi connectivity index (χ0) is 20.6. The molecular weight excluding hydrogens is 360 g/mol. The maximum atomic E-state index is 12.8. The molecule has 5 heteroatoms. The summed E-state index contributed by atoms with van der Waals surface area (Å²) in [5.41, 5.74) is 10.6. The number of carbonyl (C=O) groups is 1. The molecule has 4 rings (SSSR count). The Morgan fingerprint density at radius 3 is 2.34 bits per heavy atom. The van der Waals surface area contributed by atoms with Crippen molar-refractivity contribution in [1.29, 1.82) is 0 Å². The van der Waals surface area contributed by atoms with Gasteiger partial charge in [0.1, 0.15) is 0 Å². The Morgan fingerprint density at radius 1 is 1.10 bits per heavy atom. The topological polar surface area (TPSA) is 65.8 Å². The van der Waals surface area contributed by atoms with Crippen LogP contribution in [0.3, 0.4) is 0 Å². The molecule has 29 heavy (non-hydrogen) atoms. The van der Waals surface area contributed by atoms with Crippen LogP contribution in [-0.4, -0.2) is 20.0 Å². The fourth-order valence-corrected chi connectivity index (χ4v) is 4.78. The number of nitrogens with zero attached hydrogens (tertiary/aromatic N) is 3. The van der Waals surface area contributed by atoms with Crippen LogP contribution in [0.2, 0.25) is 0 Å². The fraction of sp³-hybridized carbons (Fsp3) is 0.417. The van der Waals surface area contributed by atoms with Crippen molar-refractivity contribution in [2.75, 3.05) is 0 Å². The van der Waals surface area contributed by atoms with Crippen molar-refractivity contribution in [3.05, 3.63) is 59.5 Å². The molecule has 2 aromatic heterocycles. The van der Waals surface area contributed by atoms with Crippen LogP contribution in [0.4, 0.5) is 0 Å². The summed E-state index contributed by atoms with van der Waals surface area (Å²) in [6.45, 7) is 4.23. The van der Waals surface area contributed by atoms with Crippen LogP contribution in [0.25, 0.3) is 17.2 Å². The van der Waals surface area contributed by atoms with E-state index in [1.165, 1.54) is 5.69 Å². The number of imidazole rings is 1. The lowest BCUT2D eigenvalue weighted by molar-refractivity contribution is -0.124. The van der Waals surface area contributed by atoms with Crippen LogP contribution < -0.4 is 5.73 Å². The maximum Gasteiger partial charge on any atom is 0.229 e. The first-order valence-corrected chi connectivity index (χ1v) is 10.6. The van der Waals surface area contributed by atoms with Gasteiger partial charge in [-0.15, -0.1) is 0 Å². The highest BCUT2D eigenvalue weighted by molar-refractivity contribution is 5.87. The number of primary amides is 1. The molecule has 3 aromatic rings. The number of para-hydroxylation sites is 1. The highest BCUT2D eigenvalue weighted by Crippen LogP contribution is 2.42. The maximum absolute atomic E-state index is 12.8. The van der Waals surface area contributed by atoms with Gasteiger partial charge in [0.15, 0.2) is 5.82 Å². The Bertz CT molecular complexity index is 1020. The molecule has 0 saturated heterocycles. The number of carbonyl (C=O) groups excluding carboxylic acids is 1. The Hall–Kier alpha value is -2.82. The lowest BCUT2D eigenvalue weighted by atomic mass is 9.70. The van der Waals surface area contributed by atoms with Crippen LogP contribution in [0.5, 0.6) is 0 Å². The van der Waals surface area contributed by atoms with E-state index in [-0.39, 0.29) is 5.91 Å². The predicted octanol–water partition coefficient (Wildman–Crippen LogP) is 4.44. The summed E-state index contributed by atoms with van der Waals surface area (Å²) in [4.78, 5) is 17.9. The van der Waals surface area contributed by atoms with E-state index in [1.807, 2.05) is 18.2 Å². The molecule has 152 valence electrons. The van der Waals surface area contributed by atoms with Gasteiger partial charge >= 0.3 is 0 Å². The van der Waals surface area contributed by atoms with Gasteiger partial charge in [0.25, 0.3) is 0 Å². The van der Waals surface area contributed by atoms with Gasteiger partial charge in [-0.1, -0.05) is 44.4 Å². The molecule has 0 unspecified atom stereocenters. The minimum absolute atomic E-state index is 0.237. The van der Waals surface area contributed by atoms with Crippen LogP contribution in [0.15, 0.2) is 42.5 Å². The predicted molar refractivity (Wildman–Crippen MR) is 116 cm³/mol. The van der Waals surface area contributed by atoms with Gasteiger partial charge in [0.2, 0.25) is 5.91 Å². The van der Waals surface area contributed by atoms with Crippen molar-refractivity contribution < 1.29 is 4.79 Å². The van der Waals surface area contributed by atoms with E-state index in [9.17, 15) is 4.79 Å². The first-order chi connectivity index (χ1) is 14.0. The lowest BCUT2D eigenvalue weighted by Gasteiger charge is -2.33. The van der Waals surface area contributed by atoms with Crippen molar-refractivity contribution in [1.82, 2.24) is 14.1 Å². The van der Waals surface area contributed by atoms with Gasteiger partial charge < -0.3 is 10.3 Å². The monoisotopic (exact) mass is 390 g/mol. The number of amides is 1. The zero-order valence-corrected chi connectivity index (χ0v) is 17.6. The van der Waals surface area contributed by atoms with Gasteiger partial charge in [0, 0.05) is 24.1 Å². The normalized spacial score (nSPS) is 16.1. The van der Waals surface area contributed by atoms with Crippen molar-refractivity contribution >= 4 is 5.91 Å². The SMILES string of the molecule is CCc1c(C2(C(N)=O)CCCCC2)nc(-c2ccc(C)n2C)n1-c1ccccc1. The Balaban J connectivity index is 2.03. The molecule has 0 spiro atoms. The van der Waals surface area contributed by atoms with Gasteiger partial charge in [-0.25, -0.2) is 4.98 Å². The molecule has 1 saturated carbocycles.